The molecule has 0 radical (unpaired) electrons. The fourth-order valence-corrected chi connectivity index (χ4v) is 3.28. The molecule has 0 aromatic carbocycles. The molecule has 1 aliphatic heterocycles. The van der Waals surface area contributed by atoms with Gasteiger partial charge in [0, 0.05) is 6.54 Å². The number of unbranched alkanes of at least 4 members (excludes halogenated alkanes) is 1. The Morgan fingerprint density at radius 3 is 2.14 bits per heavy atom. The third-order valence-electron chi connectivity index (χ3n) is 5.65. The summed E-state index contributed by atoms with van der Waals surface area (Å²) in [4.78, 5) is 46.8. The lowest BCUT2D eigenvalue weighted by Crippen LogP contribution is -2.70. The van der Waals surface area contributed by atoms with Gasteiger partial charge in [-0.05, 0) is 33.1 Å². The highest BCUT2D eigenvalue weighted by Crippen LogP contribution is 2.32. The number of nitrogens with two attached hydrogens (primary N) is 1. The van der Waals surface area contributed by atoms with Gasteiger partial charge in [-0.15, -0.1) is 0 Å². The SMILES string of the molecule is C[C@H](NC(=O)[C@H](C)NC(=O)[C@@H](N)CCCCNC(=O)[C@H](F)[C@]1(O)O[C@H](CO)[C@H](O)[C@H](O)[C@H]1O)C(=O)O. The molecule has 16 heteroatoms. The molecule has 0 aromatic rings. The molecule has 0 unspecified atom stereocenters. The van der Waals surface area contributed by atoms with Gasteiger partial charge in [-0.1, -0.05) is 0 Å². The monoisotopic (exact) mass is 526 g/mol. The molecule has 0 aromatic heterocycles. The molecule has 3 amide bonds. The maximum Gasteiger partial charge on any atom is 0.325 e. The molecule has 0 aliphatic carbocycles. The van der Waals surface area contributed by atoms with E-state index in [1.807, 2.05) is 0 Å². The van der Waals surface area contributed by atoms with E-state index in [0.29, 0.717) is 0 Å². The lowest BCUT2D eigenvalue weighted by molar-refractivity contribution is -0.363. The number of nitrogens with one attached hydrogen (secondary N) is 3. The minimum absolute atomic E-state index is 0.120. The molecule has 9 atom stereocenters. The second-order valence-corrected chi connectivity index (χ2v) is 8.57. The zero-order valence-corrected chi connectivity index (χ0v) is 19.8. The largest absolute Gasteiger partial charge is 0.480 e. The molecule has 15 nitrogen and oxygen atoms in total. The predicted molar refractivity (Wildman–Crippen MR) is 118 cm³/mol. The first-order chi connectivity index (χ1) is 16.7. The van der Waals surface area contributed by atoms with E-state index < -0.39 is 84.8 Å². The smallest absolute Gasteiger partial charge is 0.325 e. The maximum atomic E-state index is 14.6. The number of carbonyl (C=O) groups is 4. The van der Waals surface area contributed by atoms with Gasteiger partial charge in [0.05, 0.1) is 12.6 Å². The fraction of sp³-hybridized carbons (Fsp3) is 0.800. The Labute approximate surface area is 205 Å². The zero-order valence-electron chi connectivity index (χ0n) is 19.8. The first-order valence-electron chi connectivity index (χ1n) is 11.2. The van der Waals surface area contributed by atoms with E-state index in [0.717, 1.165) is 0 Å². The quantitative estimate of drug-likeness (QED) is 0.101. The predicted octanol–water partition coefficient (Wildman–Crippen LogP) is -4.81. The number of hydrogen-bond donors (Lipinski definition) is 10. The number of ether oxygens (including phenoxy) is 1. The van der Waals surface area contributed by atoms with Crippen molar-refractivity contribution in [3.8, 4) is 0 Å². The number of alkyl halides is 1. The lowest BCUT2D eigenvalue weighted by atomic mass is 9.89. The molecule has 208 valence electrons. The number of aliphatic carboxylic acids is 1. The molecule has 1 heterocycles. The summed E-state index contributed by atoms with van der Waals surface area (Å²) in [6.07, 6.45) is -10.2. The summed E-state index contributed by atoms with van der Waals surface area (Å²) in [5.41, 5.74) is 5.76. The summed E-state index contributed by atoms with van der Waals surface area (Å²) in [5.74, 6) is -7.24. The lowest BCUT2D eigenvalue weighted by Gasteiger charge is -2.46. The van der Waals surface area contributed by atoms with Crippen molar-refractivity contribution < 1.29 is 58.9 Å². The molecule has 0 spiro atoms. The van der Waals surface area contributed by atoms with Crippen molar-refractivity contribution in [2.24, 2.45) is 5.73 Å². The van der Waals surface area contributed by atoms with Crippen molar-refractivity contribution >= 4 is 23.7 Å². The first-order valence-corrected chi connectivity index (χ1v) is 11.2. The molecule has 1 fully saturated rings. The van der Waals surface area contributed by atoms with Gasteiger partial charge in [-0.3, -0.25) is 19.2 Å². The van der Waals surface area contributed by atoms with Crippen LogP contribution in [0.1, 0.15) is 33.1 Å². The van der Waals surface area contributed by atoms with Gasteiger partial charge in [0.2, 0.25) is 23.8 Å². The van der Waals surface area contributed by atoms with Crippen LogP contribution in [0.5, 0.6) is 0 Å². The van der Waals surface area contributed by atoms with E-state index in [2.05, 4.69) is 16.0 Å². The average molecular weight is 527 g/mol. The molecule has 0 saturated carbocycles. The number of amides is 3. The summed E-state index contributed by atoms with van der Waals surface area (Å²) in [5, 5.41) is 64.2. The summed E-state index contributed by atoms with van der Waals surface area (Å²) in [6.45, 7) is 1.55. The van der Waals surface area contributed by atoms with Crippen LogP contribution in [0, 0.1) is 0 Å². The minimum Gasteiger partial charge on any atom is -0.480 e. The molecule has 36 heavy (non-hydrogen) atoms. The second-order valence-electron chi connectivity index (χ2n) is 8.57. The standard InChI is InChI=1S/C20H35FN4O11/c1-8(16(30)25-9(2)19(33)34)24-17(31)10(22)5-3-4-6-23-18(32)14(21)20(35)15(29)13(28)12(27)11(7-26)36-20/h8-15,26-29,35H,3-7,22H2,1-2H3,(H,23,32)(H,24,31)(H,25,30)(H,33,34)/t8-,9-,10-,11+,12-,13-,14-,15+,20-/m0/s1. The highest BCUT2D eigenvalue weighted by atomic mass is 19.1. The molecule has 11 N–H and O–H groups in total. The molecular weight excluding hydrogens is 491 g/mol. The van der Waals surface area contributed by atoms with Gasteiger partial charge in [0.25, 0.3) is 5.91 Å². The van der Waals surface area contributed by atoms with Gasteiger partial charge in [-0.25, -0.2) is 4.39 Å². The Kier molecular flexibility index (Phi) is 12.0. The Bertz CT molecular complexity index is 789. The average Bonchev–Trinajstić information content (AvgIpc) is 2.83. The van der Waals surface area contributed by atoms with Crippen LogP contribution in [0.3, 0.4) is 0 Å². The van der Waals surface area contributed by atoms with Crippen LogP contribution in [-0.2, 0) is 23.9 Å². The molecule has 1 saturated heterocycles. The summed E-state index contributed by atoms with van der Waals surface area (Å²) in [7, 11) is 0. The number of halogens is 1. The van der Waals surface area contributed by atoms with E-state index in [-0.39, 0.29) is 25.8 Å². The number of aliphatic hydroxyl groups excluding tert-OH is 4. The zero-order chi connectivity index (χ0) is 27.8. The molecule has 1 rings (SSSR count). The number of rotatable bonds is 13. The second kappa shape index (κ2) is 13.7. The van der Waals surface area contributed by atoms with Crippen LogP contribution >= 0.6 is 0 Å². The fourth-order valence-electron chi connectivity index (χ4n) is 3.28. The Balaban J connectivity index is 2.44. The Hall–Kier alpha value is -2.47. The van der Waals surface area contributed by atoms with Crippen molar-refractivity contribution in [1.29, 1.82) is 0 Å². The van der Waals surface area contributed by atoms with E-state index >= 15 is 0 Å². The van der Waals surface area contributed by atoms with Gasteiger partial charge in [0.15, 0.2) is 0 Å². The third kappa shape index (κ3) is 8.02. The van der Waals surface area contributed by atoms with Gasteiger partial charge in [-0.2, -0.15) is 0 Å². The van der Waals surface area contributed by atoms with Crippen LogP contribution in [0.4, 0.5) is 4.39 Å². The van der Waals surface area contributed by atoms with Crippen molar-refractivity contribution in [2.45, 2.75) is 87.6 Å². The van der Waals surface area contributed by atoms with Crippen molar-refractivity contribution in [2.75, 3.05) is 13.2 Å². The number of aliphatic hydroxyl groups is 5. The minimum atomic E-state index is -3.22. The number of carboxylic acid groups (broad SMARTS) is 1. The molecule has 0 bridgehead atoms. The number of carboxylic acids is 1. The number of carbonyl (C=O) groups excluding carboxylic acids is 3. The van der Waals surface area contributed by atoms with Crippen LogP contribution in [-0.4, -0.2) is 122 Å². The van der Waals surface area contributed by atoms with Gasteiger partial charge < -0.3 is 57.1 Å². The van der Waals surface area contributed by atoms with E-state index in [1.54, 1.807) is 0 Å². The maximum absolute atomic E-state index is 14.6. The van der Waals surface area contributed by atoms with Crippen molar-refractivity contribution in [3.05, 3.63) is 0 Å². The number of hydrogen-bond acceptors (Lipinski definition) is 11. The third-order valence-corrected chi connectivity index (χ3v) is 5.65. The van der Waals surface area contributed by atoms with Crippen LogP contribution in [0.25, 0.3) is 0 Å². The molecule has 1 aliphatic rings. The normalized spacial score (nSPS) is 29.4. The van der Waals surface area contributed by atoms with E-state index in [9.17, 15) is 44.0 Å². The highest BCUT2D eigenvalue weighted by Gasteiger charge is 2.59. The van der Waals surface area contributed by atoms with Gasteiger partial charge in [0.1, 0.15) is 36.5 Å². The summed E-state index contributed by atoms with van der Waals surface area (Å²) in [6, 6.07) is -3.22. The van der Waals surface area contributed by atoms with Crippen LogP contribution < -0.4 is 21.7 Å². The summed E-state index contributed by atoms with van der Waals surface area (Å²) >= 11 is 0. The topological polar surface area (TPSA) is 261 Å². The van der Waals surface area contributed by atoms with Crippen molar-refractivity contribution in [3.63, 3.8) is 0 Å². The van der Waals surface area contributed by atoms with E-state index in [1.165, 1.54) is 13.8 Å². The molecular formula is C20H35FN4O11. The van der Waals surface area contributed by atoms with Crippen LogP contribution in [0.15, 0.2) is 0 Å². The first kappa shape index (κ1) is 31.6. The van der Waals surface area contributed by atoms with E-state index in [4.69, 9.17) is 20.7 Å². The Morgan fingerprint density at radius 2 is 1.58 bits per heavy atom. The highest BCUT2D eigenvalue weighted by molar-refractivity contribution is 5.91. The Morgan fingerprint density at radius 1 is 1.00 bits per heavy atom. The van der Waals surface area contributed by atoms with Crippen LogP contribution in [0.2, 0.25) is 0 Å². The summed E-state index contributed by atoms with van der Waals surface area (Å²) < 4.78 is 19.4. The van der Waals surface area contributed by atoms with Crippen molar-refractivity contribution in [1.82, 2.24) is 16.0 Å². The van der Waals surface area contributed by atoms with Gasteiger partial charge >= 0.3 is 5.97 Å².